The molecule has 170 valence electrons. The van der Waals surface area contributed by atoms with Gasteiger partial charge in [-0.1, -0.05) is 90.5 Å². The molecule has 3 aromatic carbocycles. The molecule has 1 aliphatic carbocycles. The van der Waals surface area contributed by atoms with Crippen LogP contribution in [0.15, 0.2) is 84.9 Å². The second-order valence-electron chi connectivity index (χ2n) is 8.60. The fourth-order valence-electron chi connectivity index (χ4n) is 4.09. The van der Waals surface area contributed by atoms with Crippen molar-refractivity contribution in [2.75, 3.05) is 6.61 Å². The van der Waals surface area contributed by atoms with Gasteiger partial charge >= 0.3 is 6.09 Å². The molecule has 0 radical (unpaired) electrons. The minimum absolute atomic E-state index is 0.0826. The van der Waals surface area contributed by atoms with Crippen LogP contribution in [-0.2, 0) is 16.1 Å². The van der Waals surface area contributed by atoms with Crippen LogP contribution in [0.3, 0.4) is 0 Å². The average Bonchev–Trinajstić information content (AvgIpc) is 3.29. The van der Waals surface area contributed by atoms with Gasteiger partial charge < -0.3 is 14.8 Å². The first-order valence-corrected chi connectivity index (χ1v) is 11.6. The highest BCUT2D eigenvalue weighted by molar-refractivity contribution is 5.82. The van der Waals surface area contributed by atoms with Gasteiger partial charge in [0, 0.05) is 6.04 Å². The molecule has 1 fully saturated rings. The monoisotopic (exact) mass is 441 g/mol. The Morgan fingerprint density at radius 1 is 0.939 bits per heavy atom. The third-order valence-electron chi connectivity index (χ3n) is 5.96. The summed E-state index contributed by atoms with van der Waals surface area (Å²) < 4.78 is 11.7. The van der Waals surface area contributed by atoms with Crippen molar-refractivity contribution in [2.24, 2.45) is 0 Å². The van der Waals surface area contributed by atoms with Gasteiger partial charge in [-0.3, -0.25) is 0 Å². The lowest BCUT2D eigenvalue weighted by molar-refractivity contribution is 0.0814. The van der Waals surface area contributed by atoms with E-state index in [1.165, 1.54) is 11.1 Å². The molecule has 0 heterocycles. The normalized spacial score (nSPS) is 18.2. The second kappa shape index (κ2) is 11.5. The van der Waals surface area contributed by atoms with Crippen LogP contribution in [0, 0.1) is 6.92 Å². The first kappa shape index (κ1) is 22.8. The summed E-state index contributed by atoms with van der Waals surface area (Å²) in [6, 6.07) is 28.7. The average molecular weight is 442 g/mol. The molecular weight excluding hydrogens is 410 g/mol. The van der Waals surface area contributed by atoms with E-state index in [0.29, 0.717) is 6.61 Å². The van der Waals surface area contributed by atoms with Crippen molar-refractivity contribution in [1.82, 2.24) is 5.32 Å². The molecule has 0 spiro atoms. The van der Waals surface area contributed by atoms with Gasteiger partial charge in [-0.2, -0.15) is 0 Å². The van der Waals surface area contributed by atoms with Gasteiger partial charge in [0.2, 0.25) is 0 Å². The van der Waals surface area contributed by atoms with Crippen LogP contribution in [-0.4, -0.2) is 24.8 Å². The van der Waals surface area contributed by atoms with E-state index in [2.05, 4.69) is 54.7 Å². The maximum atomic E-state index is 12.2. The Labute approximate surface area is 196 Å². The van der Waals surface area contributed by atoms with E-state index in [1.54, 1.807) is 0 Å². The quantitative estimate of drug-likeness (QED) is 0.412. The van der Waals surface area contributed by atoms with Gasteiger partial charge in [0.1, 0.15) is 6.61 Å². The molecule has 0 saturated heterocycles. The lowest BCUT2D eigenvalue weighted by Crippen LogP contribution is -2.33. The van der Waals surface area contributed by atoms with Gasteiger partial charge in [0.05, 0.1) is 12.7 Å². The van der Waals surface area contributed by atoms with Gasteiger partial charge in [0.15, 0.2) is 0 Å². The van der Waals surface area contributed by atoms with Gasteiger partial charge in [-0.25, -0.2) is 4.79 Å². The van der Waals surface area contributed by atoms with Crippen LogP contribution in [0.25, 0.3) is 11.6 Å². The zero-order chi connectivity index (χ0) is 22.9. The number of hydrogen-bond donors (Lipinski definition) is 1. The number of carbonyl (C=O) groups excluding carboxylic acids is 1. The summed E-state index contributed by atoms with van der Waals surface area (Å²) in [4.78, 5) is 12.2. The van der Waals surface area contributed by atoms with Gasteiger partial charge in [0.25, 0.3) is 0 Å². The third-order valence-corrected chi connectivity index (χ3v) is 5.96. The molecule has 1 saturated carbocycles. The predicted octanol–water partition coefficient (Wildman–Crippen LogP) is 6.40. The largest absolute Gasteiger partial charge is 0.445 e. The zero-order valence-electron chi connectivity index (χ0n) is 19.1. The topological polar surface area (TPSA) is 47.6 Å². The molecular formula is C29H31NO3. The van der Waals surface area contributed by atoms with E-state index in [0.717, 1.165) is 36.0 Å². The SMILES string of the molecule is Cc1ccc(/C(=C\c2ccccc2)COC2CC[C@H](NC(=O)OCc3ccccc3)C2)cc1. The molecule has 1 N–H and O–H groups in total. The van der Waals surface area contributed by atoms with Gasteiger partial charge in [-0.05, 0) is 54.5 Å². The van der Waals surface area contributed by atoms with Crippen molar-refractivity contribution >= 4 is 17.7 Å². The molecule has 0 aromatic heterocycles. The molecule has 0 bridgehead atoms. The van der Waals surface area contributed by atoms with Crippen molar-refractivity contribution in [3.8, 4) is 0 Å². The molecule has 4 nitrogen and oxygen atoms in total. The van der Waals surface area contributed by atoms with Gasteiger partial charge in [-0.15, -0.1) is 0 Å². The van der Waals surface area contributed by atoms with E-state index < -0.39 is 0 Å². The maximum absolute atomic E-state index is 12.2. The maximum Gasteiger partial charge on any atom is 0.407 e. The van der Waals surface area contributed by atoms with E-state index in [4.69, 9.17) is 9.47 Å². The van der Waals surface area contributed by atoms with E-state index >= 15 is 0 Å². The van der Waals surface area contributed by atoms with Crippen LogP contribution < -0.4 is 5.32 Å². The van der Waals surface area contributed by atoms with Crippen LogP contribution in [0.5, 0.6) is 0 Å². The fourth-order valence-corrected chi connectivity index (χ4v) is 4.09. The number of alkyl carbamates (subject to hydrolysis) is 1. The summed E-state index contributed by atoms with van der Waals surface area (Å²) in [6.07, 6.45) is 4.56. The van der Waals surface area contributed by atoms with E-state index in [-0.39, 0.29) is 24.8 Å². The number of amides is 1. The summed E-state index contributed by atoms with van der Waals surface area (Å²) in [5.41, 5.74) is 5.70. The lowest BCUT2D eigenvalue weighted by Gasteiger charge is -2.16. The Morgan fingerprint density at radius 2 is 1.64 bits per heavy atom. The predicted molar refractivity (Wildman–Crippen MR) is 133 cm³/mol. The first-order chi connectivity index (χ1) is 16.2. The van der Waals surface area contributed by atoms with Crippen molar-refractivity contribution < 1.29 is 14.3 Å². The summed E-state index contributed by atoms with van der Waals surface area (Å²) >= 11 is 0. The molecule has 1 unspecified atom stereocenters. The Bertz CT molecular complexity index is 1050. The highest BCUT2D eigenvalue weighted by Crippen LogP contribution is 2.26. The summed E-state index contributed by atoms with van der Waals surface area (Å²) in [5, 5.41) is 2.99. The van der Waals surface area contributed by atoms with E-state index in [9.17, 15) is 4.79 Å². The molecule has 4 heteroatoms. The molecule has 3 aromatic rings. The Morgan fingerprint density at radius 3 is 2.36 bits per heavy atom. The van der Waals surface area contributed by atoms with Crippen molar-refractivity contribution in [3.05, 3.63) is 107 Å². The number of aryl methyl sites for hydroxylation is 1. The van der Waals surface area contributed by atoms with Crippen molar-refractivity contribution in [2.45, 2.75) is 44.9 Å². The molecule has 1 aliphatic rings. The summed E-state index contributed by atoms with van der Waals surface area (Å²) in [6.45, 7) is 2.91. The molecule has 1 amide bonds. The molecule has 2 atom stereocenters. The molecule has 0 aliphatic heterocycles. The second-order valence-corrected chi connectivity index (χ2v) is 8.60. The van der Waals surface area contributed by atoms with Crippen LogP contribution in [0.4, 0.5) is 4.79 Å². The number of benzene rings is 3. The third kappa shape index (κ3) is 7.06. The number of nitrogens with one attached hydrogen (secondary N) is 1. The number of ether oxygens (including phenoxy) is 2. The first-order valence-electron chi connectivity index (χ1n) is 11.6. The van der Waals surface area contributed by atoms with Crippen molar-refractivity contribution in [1.29, 1.82) is 0 Å². The Hall–Kier alpha value is -3.37. The summed E-state index contributed by atoms with van der Waals surface area (Å²) in [5.74, 6) is 0. The van der Waals surface area contributed by atoms with Crippen LogP contribution in [0.2, 0.25) is 0 Å². The highest BCUT2D eigenvalue weighted by atomic mass is 16.5. The fraction of sp³-hybridized carbons (Fsp3) is 0.276. The lowest BCUT2D eigenvalue weighted by atomic mass is 10.0. The van der Waals surface area contributed by atoms with Crippen LogP contribution >= 0.6 is 0 Å². The number of carbonyl (C=O) groups is 1. The molecule has 33 heavy (non-hydrogen) atoms. The highest BCUT2D eigenvalue weighted by Gasteiger charge is 2.27. The van der Waals surface area contributed by atoms with Crippen LogP contribution in [0.1, 0.15) is 41.5 Å². The molecule has 4 rings (SSSR count). The smallest absolute Gasteiger partial charge is 0.407 e. The minimum Gasteiger partial charge on any atom is -0.445 e. The number of hydrogen-bond acceptors (Lipinski definition) is 3. The number of rotatable bonds is 8. The Kier molecular flexibility index (Phi) is 7.94. The zero-order valence-corrected chi connectivity index (χ0v) is 19.1. The minimum atomic E-state index is -0.367. The summed E-state index contributed by atoms with van der Waals surface area (Å²) in [7, 11) is 0. The van der Waals surface area contributed by atoms with Crippen molar-refractivity contribution in [3.63, 3.8) is 0 Å². The standard InChI is InChI=1S/C29H31NO3/c1-22-12-14-25(15-13-22)26(18-23-8-4-2-5-9-23)21-32-28-17-16-27(19-28)30-29(31)33-20-24-10-6-3-7-11-24/h2-15,18,27-28H,16-17,19-21H2,1H3,(H,30,31)/b26-18-/t27-,28?/m0/s1. The van der Waals surface area contributed by atoms with E-state index in [1.807, 2.05) is 48.5 Å². The Balaban J connectivity index is 1.30.